The number of amides is 1. The van der Waals surface area contributed by atoms with E-state index < -0.39 is 0 Å². The number of aromatic nitrogens is 2. The van der Waals surface area contributed by atoms with Gasteiger partial charge in [-0.1, -0.05) is 29.8 Å². The van der Waals surface area contributed by atoms with Gasteiger partial charge in [-0.05, 0) is 24.6 Å². The molecule has 210 valence electrons. The van der Waals surface area contributed by atoms with Gasteiger partial charge in [-0.25, -0.2) is 4.98 Å². The van der Waals surface area contributed by atoms with Crippen LogP contribution < -0.4 is 19.7 Å². The highest BCUT2D eigenvalue weighted by atomic mass is 35.5. The van der Waals surface area contributed by atoms with E-state index in [1.54, 1.807) is 38.5 Å². The highest BCUT2D eigenvalue weighted by Crippen LogP contribution is 2.45. The summed E-state index contributed by atoms with van der Waals surface area (Å²) in [6.45, 7) is 8.58. The van der Waals surface area contributed by atoms with Gasteiger partial charge >= 0.3 is 0 Å². The third-order valence-electron chi connectivity index (χ3n) is 6.52. The molecule has 1 amide bonds. The Kier molecular flexibility index (Phi) is 9.55. The van der Waals surface area contributed by atoms with Gasteiger partial charge < -0.3 is 34.1 Å². The van der Waals surface area contributed by atoms with Gasteiger partial charge in [0.2, 0.25) is 11.9 Å². The van der Waals surface area contributed by atoms with E-state index in [-0.39, 0.29) is 18.1 Å². The molecule has 1 aromatic carbocycles. The number of hydrogen-bond donors (Lipinski definition) is 1. The first-order valence-corrected chi connectivity index (χ1v) is 13.3. The Bertz CT molecular complexity index is 1220. The number of rotatable bonds is 12. The van der Waals surface area contributed by atoms with Crippen molar-refractivity contribution in [2.45, 2.75) is 19.1 Å². The highest BCUT2D eigenvalue weighted by Gasteiger charge is 2.31. The van der Waals surface area contributed by atoms with Gasteiger partial charge in [-0.15, -0.1) is 0 Å². The van der Waals surface area contributed by atoms with Crippen LogP contribution in [0, 0.1) is 0 Å². The zero-order chi connectivity index (χ0) is 28.1. The monoisotopic (exact) mass is 577 g/mol. The van der Waals surface area contributed by atoms with Crippen molar-refractivity contribution in [2.24, 2.45) is 0 Å². The lowest BCUT2D eigenvalue weighted by Gasteiger charge is -2.39. The molecule has 1 N–H and O–H groups in total. The molecule has 0 spiro atoms. The van der Waals surface area contributed by atoms with Crippen molar-refractivity contribution in [2.75, 3.05) is 70.9 Å². The Labute approximate surface area is 238 Å². The normalized spacial score (nSPS) is 15.7. The largest absolute Gasteiger partial charge is 0.495 e. The number of carbonyl (C=O) groups excluding carboxylic acids is 1. The van der Waals surface area contributed by atoms with Crippen molar-refractivity contribution < 1.29 is 23.7 Å². The highest BCUT2D eigenvalue weighted by molar-refractivity contribution is 6.39. The molecular formula is C27H33Cl2N5O5. The van der Waals surface area contributed by atoms with E-state index in [4.69, 9.17) is 47.1 Å². The lowest BCUT2D eigenvalue weighted by Crippen LogP contribution is -2.54. The Morgan fingerprint density at radius 3 is 2.54 bits per heavy atom. The summed E-state index contributed by atoms with van der Waals surface area (Å²) in [5, 5.41) is 4.06. The minimum absolute atomic E-state index is 0.0165. The van der Waals surface area contributed by atoms with Crippen molar-refractivity contribution >= 4 is 52.5 Å². The minimum atomic E-state index is -0.0866. The minimum Gasteiger partial charge on any atom is -0.495 e. The Morgan fingerprint density at radius 2 is 1.92 bits per heavy atom. The Balaban J connectivity index is 1.61. The van der Waals surface area contributed by atoms with E-state index in [1.807, 2.05) is 13.0 Å². The molecule has 0 unspecified atom stereocenters. The molecule has 2 aromatic rings. The molecule has 12 heteroatoms. The van der Waals surface area contributed by atoms with Crippen molar-refractivity contribution in [1.29, 1.82) is 0 Å². The van der Waals surface area contributed by atoms with Crippen molar-refractivity contribution in [3.63, 3.8) is 0 Å². The smallest absolute Gasteiger partial charge is 0.246 e. The molecule has 1 fully saturated rings. The summed E-state index contributed by atoms with van der Waals surface area (Å²) in [5.74, 6) is 2.08. The molecule has 2 aliphatic heterocycles. The molecule has 10 nitrogen and oxygen atoms in total. The molecule has 4 rings (SSSR count). The van der Waals surface area contributed by atoms with Crippen LogP contribution in [0.15, 0.2) is 24.9 Å². The Hall–Kier alpha value is -3.05. The van der Waals surface area contributed by atoms with Crippen LogP contribution in [-0.4, -0.2) is 93.6 Å². The van der Waals surface area contributed by atoms with E-state index in [1.165, 1.54) is 6.08 Å². The number of fused-ring (bicyclic) bond motifs is 1. The SMILES string of the molecule is C=CC(=O)N1CC(OCCN2CC(c3c(Cl)c(OC)cc(OC)c3Cl)=Cc3cnc(N[C@H](C)COC)nc32)C1. The number of carbonyl (C=O) groups is 1. The number of hydrogen-bond acceptors (Lipinski definition) is 9. The number of nitrogens with one attached hydrogen (secondary N) is 1. The predicted octanol–water partition coefficient (Wildman–Crippen LogP) is 4.02. The number of anilines is 2. The van der Waals surface area contributed by atoms with Crippen molar-refractivity contribution in [1.82, 2.24) is 14.9 Å². The number of halogens is 2. The summed E-state index contributed by atoms with van der Waals surface area (Å²) in [4.78, 5) is 24.8. The fourth-order valence-electron chi connectivity index (χ4n) is 4.52. The van der Waals surface area contributed by atoms with Crippen LogP contribution in [0.4, 0.5) is 11.8 Å². The molecule has 0 bridgehead atoms. The summed E-state index contributed by atoms with van der Waals surface area (Å²) in [5.41, 5.74) is 2.29. The number of ether oxygens (including phenoxy) is 4. The second-order valence-corrected chi connectivity index (χ2v) is 10.0. The standard InChI is InChI=1S/C27H33Cl2N5O5/c1-6-22(35)34-13-19(14-34)39-8-7-33-12-18(23-24(28)20(37-4)10-21(38-5)25(23)29)9-17-11-30-27(32-26(17)33)31-16(2)15-36-3/h6,9-11,16,19H,1,7-8,12-15H2,2-5H3,(H,30,31,32)/t16-/m1/s1. The first-order valence-electron chi connectivity index (χ1n) is 12.5. The fourth-order valence-corrected chi connectivity index (χ4v) is 5.26. The number of methoxy groups -OCH3 is 3. The lowest BCUT2D eigenvalue weighted by molar-refractivity contribution is -0.139. The van der Waals surface area contributed by atoms with Gasteiger partial charge in [0.25, 0.3) is 0 Å². The van der Waals surface area contributed by atoms with Crippen LogP contribution in [0.2, 0.25) is 10.0 Å². The Morgan fingerprint density at radius 1 is 1.23 bits per heavy atom. The quantitative estimate of drug-likeness (QED) is 0.375. The van der Waals surface area contributed by atoms with E-state index in [2.05, 4.69) is 21.8 Å². The van der Waals surface area contributed by atoms with Gasteiger partial charge in [0.1, 0.15) is 17.3 Å². The maximum Gasteiger partial charge on any atom is 0.246 e. The van der Waals surface area contributed by atoms with E-state index in [0.717, 1.165) is 17.0 Å². The molecule has 1 atom stereocenters. The number of nitrogens with zero attached hydrogens (tertiary/aromatic N) is 4. The van der Waals surface area contributed by atoms with Crippen LogP contribution in [-0.2, 0) is 14.3 Å². The lowest BCUT2D eigenvalue weighted by atomic mass is 9.98. The van der Waals surface area contributed by atoms with E-state index in [0.29, 0.717) is 72.4 Å². The zero-order valence-corrected chi connectivity index (χ0v) is 24.0. The van der Waals surface area contributed by atoms with Crippen LogP contribution in [0.1, 0.15) is 18.1 Å². The summed E-state index contributed by atoms with van der Waals surface area (Å²) in [7, 11) is 4.74. The summed E-state index contributed by atoms with van der Waals surface area (Å²) < 4.78 is 22.2. The number of likely N-dealkylation sites (tertiary alicyclic amines) is 1. The molecule has 0 saturated carbocycles. The van der Waals surface area contributed by atoms with Gasteiger partial charge in [0.15, 0.2) is 0 Å². The van der Waals surface area contributed by atoms with Crippen LogP contribution in [0.25, 0.3) is 11.6 Å². The summed E-state index contributed by atoms with van der Waals surface area (Å²) in [6.07, 6.45) is 5.04. The average Bonchev–Trinajstić information content (AvgIpc) is 2.90. The summed E-state index contributed by atoms with van der Waals surface area (Å²) >= 11 is 13.5. The first kappa shape index (κ1) is 28.9. The van der Waals surface area contributed by atoms with Crippen molar-refractivity contribution in [3.05, 3.63) is 46.1 Å². The van der Waals surface area contributed by atoms with Crippen LogP contribution in [0.5, 0.6) is 11.5 Å². The van der Waals surface area contributed by atoms with Crippen molar-refractivity contribution in [3.8, 4) is 11.5 Å². The molecule has 0 radical (unpaired) electrons. The second-order valence-electron chi connectivity index (χ2n) is 9.29. The second kappa shape index (κ2) is 12.9. The third-order valence-corrected chi connectivity index (χ3v) is 7.27. The summed E-state index contributed by atoms with van der Waals surface area (Å²) in [6, 6.07) is 1.69. The van der Waals surface area contributed by atoms with E-state index >= 15 is 0 Å². The number of benzene rings is 1. The third kappa shape index (κ3) is 6.41. The molecule has 39 heavy (non-hydrogen) atoms. The maximum absolute atomic E-state index is 11.7. The van der Waals surface area contributed by atoms with E-state index in [9.17, 15) is 4.79 Å². The van der Waals surface area contributed by atoms with Gasteiger partial charge in [0.05, 0.1) is 43.6 Å². The average molecular weight is 578 g/mol. The van der Waals surface area contributed by atoms with Gasteiger partial charge in [-0.2, -0.15) is 4.98 Å². The first-order chi connectivity index (χ1) is 18.8. The van der Waals surface area contributed by atoms with Crippen LogP contribution in [0.3, 0.4) is 0 Å². The molecule has 2 aliphatic rings. The zero-order valence-electron chi connectivity index (χ0n) is 22.5. The fraction of sp³-hybridized carbons (Fsp3) is 0.444. The van der Waals surface area contributed by atoms with Gasteiger partial charge in [0, 0.05) is 62.7 Å². The maximum atomic E-state index is 11.7. The molecule has 3 heterocycles. The van der Waals surface area contributed by atoms with Crippen LogP contribution >= 0.6 is 23.2 Å². The topological polar surface area (TPSA) is 98.3 Å². The van der Waals surface area contributed by atoms with Gasteiger partial charge in [-0.3, -0.25) is 4.79 Å². The molecule has 1 saturated heterocycles. The predicted molar refractivity (Wildman–Crippen MR) is 153 cm³/mol. The molecular weight excluding hydrogens is 545 g/mol. The molecule has 0 aliphatic carbocycles. The molecule has 1 aromatic heterocycles.